The molecule has 1 unspecified atom stereocenters. The number of carbonyl (C=O) groups is 3. The Bertz CT molecular complexity index is 889. The van der Waals surface area contributed by atoms with Crippen molar-refractivity contribution in [1.82, 2.24) is 3.71 Å². The topological polar surface area (TPSA) is 132 Å². The molecule has 0 saturated heterocycles. The maximum Gasteiger partial charge on any atom is 0.512 e. The van der Waals surface area contributed by atoms with Crippen LogP contribution in [-0.4, -0.2) is 61.5 Å². The zero-order valence-corrected chi connectivity index (χ0v) is 17.3. The van der Waals surface area contributed by atoms with Crippen LogP contribution in [0.3, 0.4) is 0 Å². The fraction of sp³-hybridized carbons (Fsp3) is 0.769. The number of hydrogen-bond acceptors (Lipinski definition) is 8. The first-order chi connectivity index (χ1) is 12.5. The Hall–Kier alpha value is -1.68. The van der Waals surface area contributed by atoms with E-state index in [2.05, 4.69) is 0 Å². The van der Waals surface area contributed by atoms with Gasteiger partial charge in [0, 0.05) is 0 Å². The second-order valence-corrected chi connectivity index (χ2v) is 11.0. The van der Waals surface area contributed by atoms with E-state index in [0.29, 0.717) is 13.8 Å². The van der Waals surface area contributed by atoms with Crippen LogP contribution in [-0.2, 0) is 39.2 Å². The van der Waals surface area contributed by atoms with E-state index in [-0.39, 0.29) is 0 Å². The van der Waals surface area contributed by atoms with Gasteiger partial charge in [-0.1, -0.05) is 3.71 Å². The fourth-order valence-electron chi connectivity index (χ4n) is 1.58. The third-order valence-electron chi connectivity index (χ3n) is 3.38. The molecule has 0 heterocycles. The monoisotopic (exact) mass is 475 g/mol. The summed E-state index contributed by atoms with van der Waals surface area (Å²) in [6, 6.07) is 0. The van der Waals surface area contributed by atoms with Crippen molar-refractivity contribution in [3.05, 3.63) is 0 Å². The van der Waals surface area contributed by atoms with Crippen molar-refractivity contribution in [2.24, 2.45) is 5.41 Å². The number of ketones is 1. The molecule has 0 spiro atoms. The van der Waals surface area contributed by atoms with Gasteiger partial charge in [-0.15, -0.1) is 0 Å². The molecule has 0 aromatic heterocycles. The Labute approximate surface area is 163 Å². The van der Waals surface area contributed by atoms with Crippen LogP contribution in [0.1, 0.15) is 34.6 Å². The molecule has 0 radical (unpaired) electrons. The largest absolute Gasteiger partial charge is 0.512 e. The van der Waals surface area contributed by atoms with Crippen molar-refractivity contribution < 1.29 is 57.9 Å². The number of rotatable bonds is 8. The SMILES string of the molecule is CC(=O)C(C)(CN(S(=O)(=O)C(F)(F)F)S(=O)(=O)C(F)(F)C=O)C(=O)OC(C)(C)C. The van der Waals surface area contributed by atoms with Crippen molar-refractivity contribution in [2.75, 3.05) is 6.54 Å². The quantitative estimate of drug-likeness (QED) is 0.221. The molecule has 0 aromatic rings. The summed E-state index contributed by atoms with van der Waals surface area (Å²) in [5.74, 6) is -3.07. The van der Waals surface area contributed by atoms with E-state index >= 15 is 0 Å². The standard InChI is InChI=1S/C13H18F5NO8S2/c1-8(21)11(5,9(22)27-10(2,3)4)6-19(29(25,26)13(16,17)18)28(23,24)12(14,15)7-20/h7H,6H2,1-5H3. The van der Waals surface area contributed by atoms with Gasteiger partial charge in [-0.3, -0.25) is 14.4 Å². The van der Waals surface area contributed by atoms with Gasteiger partial charge in [0.2, 0.25) is 6.29 Å². The number of esters is 1. The third-order valence-corrected chi connectivity index (χ3v) is 7.26. The van der Waals surface area contributed by atoms with Crippen LogP contribution >= 0.6 is 0 Å². The highest BCUT2D eigenvalue weighted by Crippen LogP contribution is 2.37. The highest BCUT2D eigenvalue weighted by Gasteiger charge is 2.63. The van der Waals surface area contributed by atoms with E-state index in [0.717, 1.165) is 0 Å². The lowest BCUT2D eigenvalue weighted by Crippen LogP contribution is -2.57. The summed E-state index contributed by atoms with van der Waals surface area (Å²) in [6.07, 6.45) is -1.60. The van der Waals surface area contributed by atoms with Crippen molar-refractivity contribution in [2.45, 2.75) is 51.0 Å². The zero-order valence-electron chi connectivity index (χ0n) is 15.7. The van der Waals surface area contributed by atoms with Gasteiger partial charge in [0.25, 0.3) is 0 Å². The number of alkyl halides is 5. The summed E-state index contributed by atoms with van der Waals surface area (Å²) in [5.41, 5.74) is -10.7. The number of halogens is 5. The lowest BCUT2D eigenvalue weighted by molar-refractivity contribution is -0.169. The van der Waals surface area contributed by atoms with Gasteiger partial charge in [0.05, 0.1) is 6.54 Å². The van der Waals surface area contributed by atoms with E-state index in [1.54, 1.807) is 0 Å². The number of sulfonamides is 2. The van der Waals surface area contributed by atoms with Crippen LogP contribution in [0.25, 0.3) is 0 Å². The minimum atomic E-state index is -7.09. The number of nitrogens with zero attached hydrogens (tertiary/aromatic N) is 1. The lowest BCUT2D eigenvalue weighted by Gasteiger charge is -2.33. The van der Waals surface area contributed by atoms with Crippen LogP contribution < -0.4 is 0 Å². The molecule has 0 fully saturated rings. The average molecular weight is 475 g/mol. The molecule has 29 heavy (non-hydrogen) atoms. The molecule has 0 N–H and O–H groups in total. The Morgan fingerprint density at radius 1 is 0.931 bits per heavy atom. The second kappa shape index (κ2) is 7.86. The first-order valence-electron chi connectivity index (χ1n) is 7.40. The van der Waals surface area contributed by atoms with Gasteiger partial charge in [-0.05, 0) is 34.6 Å². The maximum absolute atomic E-state index is 13.5. The molecular formula is C13H18F5NO8S2. The van der Waals surface area contributed by atoms with Crippen LogP contribution in [0, 0.1) is 5.41 Å². The number of aldehydes is 1. The molecule has 9 nitrogen and oxygen atoms in total. The van der Waals surface area contributed by atoms with Crippen molar-refractivity contribution in [3.63, 3.8) is 0 Å². The van der Waals surface area contributed by atoms with Crippen LogP contribution in [0.15, 0.2) is 0 Å². The lowest BCUT2D eigenvalue weighted by atomic mass is 9.86. The molecule has 16 heteroatoms. The van der Waals surface area contributed by atoms with E-state index in [4.69, 9.17) is 4.74 Å². The van der Waals surface area contributed by atoms with E-state index < -0.39 is 70.1 Å². The van der Waals surface area contributed by atoms with E-state index in [1.807, 2.05) is 0 Å². The molecule has 170 valence electrons. The number of hydrogen-bond donors (Lipinski definition) is 0. The second-order valence-electron chi connectivity index (χ2n) is 6.96. The molecular weight excluding hydrogens is 457 g/mol. The molecule has 1 atom stereocenters. The van der Waals surface area contributed by atoms with Crippen LogP contribution in [0.5, 0.6) is 0 Å². The highest BCUT2D eigenvalue weighted by molar-refractivity contribution is 8.05. The minimum Gasteiger partial charge on any atom is -0.459 e. The Kier molecular flexibility index (Phi) is 7.41. The van der Waals surface area contributed by atoms with Gasteiger partial charge < -0.3 is 4.74 Å². The summed E-state index contributed by atoms with van der Waals surface area (Å²) in [7, 11) is -14.0. The van der Waals surface area contributed by atoms with Crippen molar-refractivity contribution >= 4 is 38.1 Å². The molecule has 0 aromatic carbocycles. The number of Topliss-reactive ketones (excluding diaryl/α,β-unsaturated/α-hetero) is 1. The van der Waals surface area contributed by atoms with Gasteiger partial charge in [-0.25, -0.2) is 16.8 Å². The molecule has 0 bridgehead atoms. The summed E-state index contributed by atoms with van der Waals surface area (Å²) in [4.78, 5) is 34.6. The Balaban J connectivity index is 6.85. The van der Waals surface area contributed by atoms with Crippen molar-refractivity contribution in [3.8, 4) is 0 Å². The van der Waals surface area contributed by atoms with Gasteiger partial charge in [0.15, 0.2) is 0 Å². The van der Waals surface area contributed by atoms with Crippen LogP contribution in [0.2, 0.25) is 0 Å². The minimum absolute atomic E-state index is 0.511. The molecule has 0 aliphatic rings. The molecule has 0 rings (SSSR count). The molecule has 0 aliphatic heterocycles. The summed E-state index contributed by atoms with van der Waals surface area (Å²) < 4.78 is 116. The first kappa shape index (κ1) is 27.3. The first-order valence-corrected chi connectivity index (χ1v) is 10.3. The van der Waals surface area contributed by atoms with Crippen molar-refractivity contribution in [1.29, 1.82) is 0 Å². The normalized spacial score (nSPS) is 16.2. The average Bonchev–Trinajstić information content (AvgIpc) is 2.48. The molecule has 0 saturated carbocycles. The highest BCUT2D eigenvalue weighted by atomic mass is 32.3. The predicted octanol–water partition coefficient (Wildman–Crippen LogP) is 1.20. The zero-order chi connectivity index (χ0) is 23.9. The predicted molar refractivity (Wildman–Crippen MR) is 86.2 cm³/mol. The van der Waals surface area contributed by atoms with Gasteiger partial charge >= 0.3 is 36.8 Å². The van der Waals surface area contributed by atoms with Gasteiger partial charge in [-0.2, -0.15) is 22.0 Å². The molecule has 0 amide bonds. The summed E-state index contributed by atoms with van der Waals surface area (Å²) in [5, 5.41) is -5.61. The number of ether oxygens (including phenoxy) is 1. The molecule has 0 aliphatic carbocycles. The van der Waals surface area contributed by atoms with Crippen LogP contribution in [0.4, 0.5) is 22.0 Å². The van der Waals surface area contributed by atoms with E-state index in [1.165, 1.54) is 20.8 Å². The fourth-order valence-corrected chi connectivity index (χ4v) is 4.65. The Morgan fingerprint density at radius 2 is 1.34 bits per heavy atom. The summed E-state index contributed by atoms with van der Waals surface area (Å²) >= 11 is 0. The smallest absolute Gasteiger partial charge is 0.459 e. The Morgan fingerprint density at radius 3 is 1.62 bits per heavy atom. The van der Waals surface area contributed by atoms with Gasteiger partial charge in [0.1, 0.15) is 16.8 Å². The maximum atomic E-state index is 13.5. The summed E-state index contributed by atoms with van der Waals surface area (Å²) in [6.45, 7) is 2.64. The third kappa shape index (κ3) is 5.48. The van der Waals surface area contributed by atoms with E-state index in [9.17, 15) is 53.2 Å². The number of carbonyl (C=O) groups excluding carboxylic acids is 3.